The predicted molar refractivity (Wildman–Crippen MR) is 99.3 cm³/mol. The van der Waals surface area contributed by atoms with Gasteiger partial charge in [-0.25, -0.2) is 0 Å². The first-order valence-electron chi connectivity index (χ1n) is 8.98. The van der Waals surface area contributed by atoms with E-state index in [0.29, 0.717) is 6.54 Å². The van der Waals surface area contributed by atoms with E-state index in [0.717, 1.165) is 27.9 Å². The summed E-state index contributed by atoms with van der Waals surface area (Å²) in [5, 5.41) is 6.44. The molecule has 0 spiro atoms. The second-order valence-electron chi connectivity index (χ2n) is 7.28. The largest absolute Gasteiger partial charge is 0.343 e. The summed E-state index contributed by atoms with van der Waals surface area (Å²) in [6.07, 6.45) is 10.6. The minimum atomic E-state index is -0.211. The van der Waals surface area contributed by atoms with Crippen LogP contribution in [0.2, 0.25) is 0 Å². The molecule has 1 saturated heterocycles. The lowest BCUT2D eigenvalue weighted by atomic mass is 9.85. The molecular weight excluding hydrogens is 326 g/mol. The van der Waals surface area contributed by atoms with E-state index in [9.17, 15) is 9.59 Å². The molecule has 3 aliphatic rings. The van der Waals surface area contributed by atoms with Gasteiger partial charge in [0.1, 0.15) is 0 Å². The number of carbonyl (C=O) groups excluding carboxylic acids is 2. The zero-order valence-corrected chi connectivity index (χ0v) is 14.3. The van der Waals surface area contributed by atoms with Gasteiger partial charge in [0.15, 0.2) is 0 Å². The highest BCUT2D eigenvalue weighted by Crippen LogP contribution is 2.52. The Hall–Kier alpha value is -2.95. The van der Waals surface area contributed by atoms with E-state index in [1.807, 2.05) is 36.5 Å². The number of allylic oxidation sites excluding steroid dienone is 3. The van der Waals surface area contributed by atoms with Gasteiger partial charge in [0.05, 0.1) is 18.1 Å². The Morgan fingerprint density at radius 1 is 1.12 bits per heavy atom. The molecule has 5 rings (SSSR count). The lowest BCUT2D eigenvalue weighted by molar-refractivity contribution is -0.140. The maximum atomic E-state index is 12.7. The summed E-state index contributed by atoms with van der Waals surface area (Å²) in [4.78, 5) is 25.4. The molecular formula is C21H19N3O2. The van der Waals surface area contributed by atoms with Crippen LogP contribution in [0, 0.1) is 23.7 Å². The molecule has 2 heterocycles. The van der Waals surface area contributed by atoms with Gasteiger partial charge >= 0.3 is 0 Å². The number of para-hydroxylation sites is 1. The fraction of sp³-hybridized carbons (Fsp3) is 0.286. The summed E-state index contributed by atoms with van der Waals surface area (Å²) in [5.74, 6) is -0.313. The number of aromatic nitrogens is 1. The van der Waals surface area contributed by atoms with Crippen LogP contribution in [0.15, 0.2) is 60.4 Å². The second kappa shape index (κ2) is 5.53. The number of imide groups is 1. The van der Waals surface area contributed by atoms with Crippen LogP contribution < -0.4 is 0 Å². The van der Waals surface area contributed by atoms with E-state index in [2.05, 4.69) is 28.4 Å². The van der Waals surface area contributed by atoms with Gasteiger partial charge in [0.25, 0.3) is 11.8 Å². The molecule has 4 atom stereocenters. The number of nitrogens with zero attached hydrogens (tertiary/aromatic N) is 3. The average molecular weight is 345 g/mol. The van der Waals surface area contributed by atoms with Crippen LogP contribution in [0.5, 0.6) is 0 Å². The number of benzene rings is 1. The van der Waals surface area contributed by atoms with Crippen molar-refractivity contribution in [2.24, 2.45) is 28.8 Å². The number of amides is 2. The summed E-state index contributed by atoms with van der Waals surface area (Å²) < 4.78 is 2.08. The molecule has 1 aromatic carbocycles. The Morgan fingerprint density at radius 2 is 1.81 bits per heavy atom. The third kappa shape index (κ3) is 2.00. The van der Waals surface area contributed by atoms with Crippen molar-refractivity contribution in [3.8, 4) is 0 Å². The van der Waals surface area contributed by atoms with Crippen LogP contribution in [0.4, 0.5) is 0 Å². The molecule has 2 aliphatic carbocycles. The first-order valence-corrected chi connectivity index (χ1v) is 8.98. The highest BCUT2D eigenvalue weighted by Gasteiger charge is 2.59. The van der Waals surface area contributed by atoms with Gasteiger partial charge in [-0.05, 0) is 24.3 Å². The zero-order valence-electron chi connectivity index (χ0n) is 14.3. The molecule has 26 heavy (non-hydrogen) atoms. The van der Waals surface area contributed by atoms with Crippen LogP contribution in [0.25, 0.3) is 10.9 Å². The third-order valence-corrected chi connectivity index (χ3v) is 5.90. The van der Waals surface area contributed by atoms with Gasteiger partial charge in [0.2, 0.25) is 0 Å². The second-order valence-corrected chi connectivity index (χ2v) is 7.28. The van der Waals surface area contributed by atoms with Crippen molar-refractivity contribution in [1.82, 2.24) is 9.58 Å². The number of rotatable bonds is 4. The van der Waals surface area contributed by atoms with Crippen LogP contribution in [-0.4, -0.2) is 27.6 Å². The van der Waals surface area contributed by atoms with Gasteiger partial charge < -0.3 is 4.57 Å². The summed E-state index contributed by atoms with van der Waals surface area (Å²) in [5.41, 5.74) is 1.97. The lowest BCUT2D eigenvalue weighted by Crippen LogP contribution is -2.28. The monoisotopic (exact) mass is 345 g/mol. The van der Waals surface area contributed by atoms with Gasteiger partial charge in [-0.1, -0.05) is 36.4 Å². The molecule has 0 N–H and O–H groups in total. The summed E-state index contributed by atoms with van der Waals surface area (Å²) in [7, 11) is 0. The van der Waals surface area contributed by atoms with Crippen molar-refractivity contribution in [3.63, 3.8) is 0 Å². The Labute approximate surface area is 151 Å². The first kappa shape index (κ1) is 15.3. The number of hydrogen-bond acceptors (Lipinski definition) is 3. The van der Waals surface area contributed by atoms with Crippen molar-refractivity contribution in [3.05, 3.63) is 60.8 Å². The van der Waals surface area contributed by atoms with Crippen LogP contribution in [0.1, 0.15) is 12.0 Å². The fourth-order valence-corrected chi connectivity index (χ4v) is 4.79. The molecule has 2 fully saturated rings. The Kier molecular flexibility index (Phi) is 3.26. The molecule has 5 heteroatoms. The molecule has 0 unspecified atom stereocenters. The Balaban J connectivity index is 1.48. The van der Waals surface area contributed by atoms with Crippen molar-refractivity contribution >= 4 is 28.9 Å². The standard InChI is InChI=1S/C21H19N3O2/c1-2-9-23-12-15(16-5-3-4-6-17(16)23)11-22-24-20(25)18-13-7-8-14(10-13)19(18)21(24)26/h2-8,11-14,18-19H,1,9-10H2/b22-11-/t13-,14+,18-,19+. The van der Waals surface area contributed by atoms with Crippen LogP contribution >= 0.6 is 0 Å². The molecule has 1 aliphatic heterocycles. The highest BCUT2D eigenvalue weighted by molar-refractivity contribution is 6.07. The lowest BCUT2D eigenvalue weighted by Gasteiger charge is -2.13. The maximum absolute atomic E-state index is 12.7. The number of hydrazone groups is 1. The van der Waals surface area contributed by atoms with Crippen molar-refractivity contribution in [2.75, 3.05) is 0 Å². The Bertz CT molecular complexity index is 970. The summed E-state index contributed by atoms with van der Waals surface area (Å²) >= 11 is 0. The molecule has 2 aromatic rings. The molecule has 5 nitrogen and oxygen atoms in total. The normalized spacial score (nSPS) is 29.5. The van der Waals surface area contributed by atoms with Gasteiger partial charge in [-0.3, -0.25) is 9.59 Å². The third-order valence-electron chi connectivity index (χ3n) is 5.90. The van der Waals surface area contributed by atoms with E-state index in [-0.39, 0.29) is 35.5 Å². The van der Waals surface area contributed by atoms with Crippen molar-refractivity contribution in [1.29, 1.82) is 0 Å². The molecule has 0 radical (unpaired) electrons. The minimum Gasteiger partial charge on any atom is -0.343 e. The average Bonchev–Trinajstić information content (AvgIpc) is 3.39. The van der Waals surface area contributed by atoms with E-state index < -0.39 is 0 Å². The number of carbonyl (C=O) groups is 2. The molecule has 2 amide bonds. The van der Waals surface area contributed by atoms with Gasteiger partial charge in [-0.15, -0.1) is 6.58 Å². The van der Waals surface area contributed by atoms with E-state index >= 15 is 0 Å². The topological polar surface area (TPSA) is 54.7 Å². The summed E-state index contributed by atoms with van der Waals surface area (Å²) in [6, 6.07) is 8.01. The highest BCUT2D eigenvalue weighted by atomic mass is 16.2. The first-order chi connectivity index (χ1) is 12.7. The van der Waals surface area contributed by atoms with Crippen LogP contribution in [-0.2, 0) is 16.1 Å². The van der Waals surface area contributed by atoms with Crippen molar-refractivity contribution in [2.45, 2.75) is 13.0 Å². The molecule has 1 aromatic heterocycles. The van der Waals surface area contributed by atoms with E-state index in [4.69, 9.17) is 0 Å². The molecule has 1 saturated carbocycles. The predicted octanol–water partition coefficient (Wildman–Crippen LogP) is 2.97. The SMILES string of the molecule is C=CCn1cc(/C=N\N2C(=O)[C@@H]3[C@H](C2=O)[C@@H]2C=C[C@H]3C2)c2ccccc21. The molecule has 2 bridgehead atoms. The Morgan fingerprint density at radius 3 is 2.50 bits per heavy atom. The smallest absolute Gasteiger partial charge is 0.254 e. The van der Waals surface area contributed by atoms with E-state index in [1.165, 1.54) is 0 Å². The van der Waals surface area contributed by atoms with Crippen LogP contribution in [0.3, 0.4) is 0 Å². The number of hydrogen-bond donors (Lipinski definition) is 0. The number of fused-ring (bicyclic) bond motifs is 6. The minimum absolute atomic E-state index is 0.150. The van der Waals surface area contributed by atoms with Crippen molar-refractivity contribution < 1.29 is 9.59 Å². The van der Waals surface area contributed by atoms with E-state index in [1.54, 1.807) is 6.21 Å². The maximum Gasteiger partial charge on any atom is 0.254 e. The fourth-order valence-electron chi connectivity index (χ4n) is 4.79. The quantitative estimate of drug-likeness (QED) is 0.486. The summed E-state index contributed by atoms with van der Waals surface area (Å²) in [6.45, 7) is 4.49. The molecule has 130 valence electrons. The van der Waals surface area contributed by atoms with Gasteiger partial charge in [-0.2, -0.15) is 10.1 Å². The van der Waals surface area contributed by atoms with Gasteiger partial charge in [0, 0.05) is 29.2 Å². The zero-order chi connectivity index (χ0) is 17.8.